The van der Waals surface area contributed by atoms with Crippen molar-refractivity contribution in [3.8, 4) is 0 Å². The number of aliphatic hydroxyl groups is 6. The molecular weight excluding hydrogens is 1040 g/mol. The van der Waals surface area contributed by atoms with Crippen molar-refractivity contribution in [1.82, 2.24) is 0 Å². The number of hydrogen-bond acceptors (Lipinski definition) is 20. The minimum atomic E-state index is -1.10. The third-order valence-corrected chi connectivity index (χ3v) is 20.8. The summed E-state index contributed by atoms with van der Waals surface area (Å²) in [6, 6.07) is 0. The molecule has 0 radical (unpaired) electrons. The third-order valence-electron chi connectivity index (χ3n) is 20.8. The fourth-order valence-corrected chi connectivity index (χ4v) is 16.1. The highest BCUT2D eigenvalue weighted by Gasteiger charge is 2.63. The topological polar surface area (TPSA) is 258 Å². The van der Waals surface area contributed by atoms with Gasteiger partial charge in [-0.1, -0.05) is 76.3 Å². The van der Waals surface area contributed by atoms with Crippen LogP contribution in [0.25, 0.3) is 0 Å². The summed E-state index contributed by atoms with van der Waals surface area (Å²) in [4.78, 5) is 13.1. The predicted molar refractivity (Wildman–Crippen MR) is 280 cm³/mol. The van der Waals surface area contributed by atoms with Gasteiger partial charge in [0.2, 0.25) is 0 Å². The second-order valence-electron chi connectivity index (χ2n) is 26.2. The average Bonchev–Trinajstić information content (AvgIpc) is 3.52. The molecule has 10 saturated heterocycles. The molecule has 10 fully saturated rings. The summed E-state index contributed by atoms with van der Waals surface area (Å²) in [5, 5.41) is 65.9. The summed E-state index contributed by atoms with van der Waals surface area (Å²) >= 11 is 0. The van der Waals surface area contributed by atoms with E-state index in [1.165, 1.54) is 6.08 Å². The van der Waals surface area contributed by atoms with E-state index in [0.29, 0.717) is 44.9 Å². The van der Waals surface area contributed by atoms with Gasteiger partial charge in [0.15, 0.2) is 5.79 Å². The Hall–Kier alpha value is -2.13. The van der Waals surface area contributed by atoms with Crippen LogP contribution in [0.4, 0.5) is 0 Å². The van der Waals surface area contributed by atoms with Gasteiger partial charge in [0.25, 0.3) is 0 Å². The third kappa shape index (κ3) is 10.5. The molecule has 13 aliphatic heterocycles. The number of carbonyl (C=O) groups excluding carboxylic acids is 1. The first kappa shape index (κ1) is 57.0. The van der Waals surface area contributed by atoms with Gasteiger partial charge >= 0.3 is 0 Å². The molecule has 20 heteroatoms. The molecule has 20 nitrogen and oxygen atoms in total. The Morgan fingerprint density at radius 2 is 1.20 bits per heavy atom. The van der Waals surface area contributed by atoms with Gasteiger partial charge in [-0.25, -0.2) is 0 Å². The van der Waals surface area contributed by atoms with E-state index < -0.39 is 146 Å². The van der Waals surface area contributed by atoms with Crippen LogP contribution in [0.3, 0.4) is 0 Å². The van der Waals surface area contributed by atoms with E-state index in [-0.39, 0.29) is 91.9 Å². The van der Waals surface area contributed by atoms with Crippen LogP contribution in [0.15, 0.2) is 48.6 Å². The Morgan fingerprint density at radius 3 is 1.96 bits per heavy atom. The van der Waals surface area contributed by atoms with Gasteiger partial charge in [-0.2, -0.15) is 0 Å². The zero-order valence-electron chi connectivity index (χ0n) is 46.6. The molecule has 13 heterocycles. The molecular formula is C60H86O20. The van der Waals surface area contributed by atoms with Crippen LogP contribution in [0.1, 0.15) is 105 Å². The molecule has 0 bridgehead atoms. The largest absolute Gasteiger partial charge is 0.393 e. The lowest BCUT2D eigenvalue weighted by Gasteiger charge is -2.53. The summed E-state index contributed by atoms with van der Waals surface area (Å²) in [6.07, 6.45) is 4.12. The Labute approximate surface area is 468 Å². The van der Waals surface area contributed by atoms with Crippen molar-refractivity contribution in [2.24, 2.45) is 23.7 Å². The maximum absolute atomic E-state index is 13.1. The Kier molecular flexibility index (Phi) is 16.1. The van der Waals surface area contributed by atoms with E-state index in [1.54, 1.807) is 6.08 Å². The smallest absolute Gasteiger partial charge is 0.174 e. The Bertz CT molecular complexity index is 2340. The molecule has 0 unspecified atom stereocenters. The van der Waals surface area contributed by atoms with Crippen LogP contribution in [0.5, 0.6) is 0 Å². The van der Waals surface area contributed by atoms with Crippen molar-refractivity contribution < 1.29 is 97.0 Å². The highest BCUT2D eigenvalue weighted by molar-refractivity contribution is 5.80. The minimum Gasteiger partial charge on any atom is -0.393 e. The number of Topliss-reactive ketones (excluding diaryl/α,β-unsaturated/α-hetero) is 1. The lowest BCUT2D eigenvalue weighted by Crippen LogP contribution is -2.64. The molecule has 33 atom stereocenters. The maximum Gasteiger partial charge on any atom is 0.174 e. The molecule has 13 aliphatic rings. The maximum atomic E-state index is 13.1. The summed E-state index contributed by atoms with van der Waals surface area (Å²) in [7, 11) is 0. The van der Waals surface area contributed by atoms with Crippen molar-refractivity contribution in [2.45, 2.75) is 281 Å². The predicted octanol–water partition coefficient (Wildman–Crippen LogP) is 2.37. The van der Waals surface area contributed by atoms with Crippen LogP contribution in [-0.2, 0) is 66.4 Å². The standard InChI is InChI=1S/C60H86O20/c1-27-16-41-43(21-48-54(77-41)29(3)52(66)58-55(78-48)28(2)30(4)60(80-58)24-33(64)26-68-60)73-45-23-51-59(5,79-46(45)17-27)50(65)22-44-36(75-51)9-7-6-8-35-37(72-44)12-13-39-38(70-35)14-15-40-42(71-39)20-49-57(76-40)53(67)56-47(74-49)19-32(63)18-34(69-56)11-10-31(62)25-61/h6-7,10-15,27-31,33-58,61-62,64-67H,8-9,16-26H2,1-5H3/b7-6-,11-10+/t27-,28+,29+,30+,31+,33+,34+,35-,36+,37+,38+,39-,40-,41+,42+,43-,44-,45+,46-,47+,48+,49-,50-,51-,52+,53-,54-,55-,56+,57-,58+,59+,60-/m1/s1. The summed E-state index contributed by atoms with van der Waals surface area (Å²) < 4.78 is 88.7. The molecule has 6 N–H and O–H groups in total. The summed E-state index contributed by atoms with van der Waals surface area (Å²) in [6.45, 7) is 10.2. The number of ketones is 1. The number of fused-ring (bicyclic) bond motifs is 11. The van der Waals surface area contributed by atoms with E-state index in [4.69, 9.17) is 61.6 Å². The highest BCUT2D eigenvalue weighted by Crippen LogP contribution is 2.52. The molecule has 13 rings (SSSR count). The monoisotopic (exact) mass is 1130 g/mol. The van der Waals surface area contributed by atoms with Crippen molar-refractivity contribution in [3.63, 3.8) is 0 Å². The van der Waals surface area contributed by atoms with Gasteiger partial charge in [-0.3, -0.25) is 4.79 Å². The van der Waals surface area contributed by atoms with Gasteiger partial charge < -0.3 is 92.2 Å². The zero-order chi connectivity index (χ0) is 55.5. The fourth-order valence-electron chi connectivity index (χ4n) is 16.1. The van der Waals surface area contributed by atoms with Crippen LogP contribution in [0, 0.1) is 23.7 Å². The number of aliphatic hydroxyl groups excluding tert-OH is 6. The van der Waals surface area contributed by atoms with Crippen molar-refractivity contribution in [3.05, 3.63) is 48.6 Å². The zero-order valence-corrected chi connectivity index (χ0v) is 46.6. The molecule has 0 amide bonds. The van der Waals surface area contributed by atoms with Gasteiger partial charge in [-0.05, 0) is 44.4 Å². The van der Waals surface area contributed by atoms with Crippen LogP contribution < -0.4 is 0 Å². The summed E-state index contributed by atoms with van der Waals surface area (Å²) in [5.74, 6) is -1.33. The number of hydrogen-bond donors (Lipinski definition) is 6. The van der Waals surface area contributed by atoms with Gasteiger partial charge in [0.05, 0.1) is 129 Å². The first-order valence-corrected chi connectivity index (χ1v) is 30.2. The first-order chi connectivity index (χ1) is 38.4. The van der Waals surface area contributed by atoms with Crippen LogP contribution in [0.2, 0.25) is 0 Å². The van der Waals surface area contributed by atoms with Crippen molar-refractivity contribution in [1.29, 1.82) is 0 Å². The normalized spacial score (nSPS) is 56.5. The molecule has 1 spiro atoms. The SMILES string of the molecule is C[C@@H]1C[C@@H]2O[C@@H]3[C@@H](C)[C@H](O)[C@@H]4O[C@]5(C[C@H](O)CO5)[C@@H](C)[C@H](C)[C@H]4O[C@H]3C[C@H]2O[C@H]2C[C@H]3O[C@H]4C/C=C\C[C@H]5O[C@H]6C=C[C@H]7O[C@H]8[C@H](O)[C@H]9O[C@@H](/C=C/[C@H](O)CO)CC(=O)C[C@@H]9O[C@@H]8C[C@@H]7O[C@@H]6C=C[C@@H]5O[C@@H]4C[C@@H](O)[C@]3(C)O[C@@H]2C1. The van der Waals surface area contributed by atoms with Gasteiger partial charge in [-0.15, -0.1) is 0 Å². The lowest BCUT2D eigenvalue weighted by atomic mass is 9.75. The second-order valence-corrected chi connectivity index (χ2v) is 26.2. The highest BCUT2D eigenvalue weighted by atomic mass is 16.7. The first-order valence-electron chi connectivity index (χ1n) is 30.2. The van der Waals surface area contributed by atoms with Gasteiger partial charge in [0.1, 0.15) is 60.2 Å². The lowest BCUT2D eigenvalue weighted by molar-refractivity contribution is -0.339. The number of ether oxygens (including phenoxy) is 13. The Morgan fingerprint density at radius 1 is 0.575 bits per heavy atom. The molecule has 0 aromatic rings. The van der Waals surface area contributed by atoms with Crippen LogP contribution in [-0.4, -0.2) is 226 Å². The van der Waals surface area contributed by atoms with E-state index >= 15 is 0 Å². The fraction of sp³-hybridized carbons (Fsp3) is 0.850. The van der Waals surface area contributed by atoms with Crippen molar-refractivity contribution >= 4 is 5.78 Å². The molecule has 0 aromatic carbocycles. The van der Waals surface area contributed by atoms with E-state index in [0.717, 1.165) is 6.42 Å². The van der Waals surface area contributed by atoms with Crippen molar-refractivity contribution in [2.75, 3.05) is 13.2 Å². The van der Waals surface area contributed by atoms with Crippen LogP contribution >= 0.6 is 0 Å². The molecule has 0 aromatic heterocycles. The van der Waals surface area contributed by atoms with E-state index in [2.05, 4.69) is 32.9 Å². The number of rotatable bonds is 3. The number of carbonyl (C=O) groups is 1. The minimum absolute atomic E-state index is 0.0384. The quantitative estimate of drug-likeness (QED) is 0.222. The molecule has 80 heavy (non-hydrogen) atoms. The Balaban J connectivity index is 0.678. The second kappa shape index (κ2) is 22.6. The van der Waals surface area contributed by atoms with Gasteiger partial charge in [0, 0.05) is 56.8 Å². The molecule has 446 valence electrons. The average molecular weight is 1130 g/mol. The molecule has 0 saturated carbocycles. The summed E-state index contributed by atoms with van der Waals surface area (Å²) in [5.41, 5.74) is -1.06. The molecule has 0 aliphatic carbocycles. The van der Waals surface area contributed by atoms with E-state index in [1.807, 2.05) is 38.2 Å². The van der Waals surface area contributed by atoms with E-state index in [9.17, 15) is 35.4 Å².